The van der Waals surface area contributed by atoms with Crippen molar-refractivity contribution in [3.63, 3.8) is 0 Å². The molecular weight excluding hydrogens is 233 g/mol. The molecule has 1 aromatic rings. The topological polar surface area (TPSA) is 45.2 Å². The average Bonchev–Trinajstić information content (AvgIpc) is 2.40. The highest BCUT2D eigenvalue weighted by molar-refractivity contribution is 5.92. The second-order valence-corrected chi connectivity index (χ2v) is 4.50. The maximum absolute atomic E-state index is 12.8. The molecule has 1 amide bonds. The van der Waals surface area contributed by atoms with Crippen molar-refractivity contribution < 1.29 is 9.18 Å². The van der Waals surface area contributed by atoms with Gasteiger partial charge in [-0.15, -0.1) is 0 Å². The van der Waals surface area contributed by atoms with Crippen molar-refractivity contribution in [1.29, 1.82) is 0 Å². The van der Waals surface area contributed by atoms with Gasteiger partial charge in [0.25, 0.3) is 5.91 Å². The summed E-state index contributed by atoms with van der Waals surface area (Å²) in [5.74, 6) is -0.940. The molecule has 2 heterocycles. The van der Waals surface area contributed by atoms with Crippen LogP contribution in [-0.4, -0.2) is 42.0 Å². The fraction of sp³-hybridized carbons (Fsp3) is 0.538. The quantitative estimate of drug-likeness (QED) is 0.824. The lowest BCUT2D eigenvalue weighted by Crippen LogP contribution is -2.37. The van der Waals surface area contributed by atoms with E-state index in [-0.39, 0.29) is 11.6 Å². The predicted octanol–water partition coefficient (Wildman–Crippen LogP) is 1.44. The van der Waals surface area contributed by atoms with Crippen LogP contribution in [0.2, 0.25) is 0 Å². The van der Waals surface area contributed by atoms with Crippen molar-refractivity contribution in [3.05, 3.63) is 29.8 Å². The number of aromatic nitrogens is 1. The summed E-state index contributed by atoms with van der Waals surface area (Å²) in [4.78, 5) is 17.6. The van der Waals surface area contributed by atoms with E-state index < -0.39 is 5.95 Å². The Bertz CT molecular complexity index is 405. The highest BCUT2D eigenvalue weighted by atomic mass is 19.1. The van der Waals surface area contributed by atoms with Crippen molar-refractivity contribution in [2.75, 3.05) is 26.2 Å². The zero-order chi connectivity index (χ0) is 12.8. The summed E-state index contributed by atoms with van der Waals surface area (Å²) in [5.41, 5.74) is 0.133. The number of pyridine rings is 1. The van der Waals surface area contributed by atoms with Gasteiger partial charge in [0, 0.05) is 13.1 Å². The fourth-order valence-corrected chi connectivity index (χ4v) is 2.14. The summed E-state index contributed by atoms with van der Waals surface area (Å²) < 4.78 is 12.8. The molecule has 0 radical (unpaired) electrons. The maximum Gasteiger partial charge on any atom is 0.270 e. The van der Waals surface area contributed by atoms with Gasteiger partial charge in [0.05, 0.1) is 0 Å². The van der Waals surface area contributed by atoms with E-state index in [1.165, 1.54) is 37.5 Å². The molecule has 5 heteroatoms. The first-order valence-electron chi connectivity index (χ1n) is 6.39. The summed E-state index contributed by atoms with van der Waals surface area (Å²) in [6.07, 6.45) is 3.77. The van der Waals surface area contributed by atoms with Crippen LogP contribution in [-0.2, 0) is 0 Å². The molecule has 98 valence electrons. The summed E-state index contributed by atoms with van der Waals surface area (Å²) in [6, 6.07) is 4.23. The van der Waals surface area contributed by atoms with Gasteiger partial charge >= 0.3 is 0 Å². The monoisotopic (exact) mass is 251 g/mol. The van der Waals surface area contributed by atoms with Gasteiger partial charge in [-0.25, -0.2) is 4.98 Å². The zero-order valence-electron chi connectivity index (χ0n) is 10.4. The number of nitrogens with one attached hydrogen (secondary N) is 1. The molecule has 18 heavy (non-hydrogen) atoms. The Kier molecular flexibility index (Phi) is 4.64. The normalized spacial score (nSPS) is 16.5. The van der Waals surface area contributed by atoms with E-state index in [1.807, 2.05) is 0 Å². The number of carbonyl (C=O) groups excluding carboxylic acids is 1. The van der Waals surface area contributed by atoms with Crippen molar-refractivity contribution in [2.45, 2.75) is 19.3 Å². The van der Waals surface area contributed by atoms with Gasteiger partial charge in [0.1, 0.15) is 5.69 Å². The highest BCUT2D eigenvalue weighted by Crippen LogP contribution is 2.07. The molecule has 4 nitrogen and oxygen atoms in total. The number of amides is 1. The number of hydrogen-bond acceptors (Lipinski definition) is 3. The van der Waals surface area contributed by atoms with Crippen LogP contribution in [0.3, 0.4) is 0 Å². The third-order valence-electron chi connectivity index (χ3n) is 3.11. The van der Waals surface area contributed by atoms with Crippen molar-refractivity contribution in [3.8, 4) is 0 Å². The Morgan fingerprint density at radius 2 is 2.11 bits per heavy atom. The Hall–Kier alpha value is -1.49. The third-order valence-corrected chi connectivity index (χ3v) is 3.11. The summed E-state index contributed by atoms with van der Waals surface area (Å²) in [6.45, 7) is 3.64. The first-order valence-corrected chi connectivity index (χ1v) is 6.39. The molecular formula is C13H18FN3O. The fourth-order valence-electron chi connectivity index (χ4n) is 2.14. The van der Waals surface area contributed by atoms with Gasteiger partial charge in [-0.2, -0.15) is 4.39 Å². The number of nitrogens with zero attached hydrogens (tertiary/aromatic N) is 2. The smallest absolute Gasteiger partial charge is 0.270 e. The van der Waals surface area contributed by atoms with Gasteiger partial charge in [0.15, 0.2) is 0 Å². The predicted molar refractivity (Wildman–Crippen MR) is 66.8 cm³/mol. The highest BCUT2D eigenvalue weighted by Gasteiger charge is 2.11. The van der Waals surface area contributed by atoms with Crippen LogP contribution in [0.5, 0.6) is 0 Å². The minimum Gasteiger partial charge on any atom is -0.349 e. The molecule has 0 atom stereocenters. The Morgan fingerprint density at radius 3 is 2.83 bits per heavy atom. The standard InChI is InChI=1S/C13H18FN3O/c14-12-6-4-5-11(16-12)13(18)15-7-10-17-8-2-1-3-9-17/h4-6H,1-3,7-10H2,(H,15,18). The van der Waals surface area contributed by atoms with E-state index in [1.54, 1.807) is 0 Å². The summed E-state index contributed by atoms with van der Waals surface area (Å²) in [5, 5.41) is 2.76. The summed E-state index contributed by atoms with van der Waals surface area (Å²) in [7, 11) is 0. The molecule has 2 rings (SSSR count). The van der Waals surface area contributed by atoms with Gasteiger partial charge in [-0.1, -0.05) is 12.5 Å². The van der Waals surface area contributed by atoms with Crippen LogP contribution < -0.4 is 5.32 Å². The zero-order valence-corrected chi connectivity index (χ0v) is 10.4. The Labute approximate surface area is 106 Å². The molecule has 1 saturated heterocycles. The maximum atomic E-state index is 12.8. The second-order valence-electron chi connectivity index (χ2n) is 4.50. The van der Waals surface area contributed by atoms with E-state index in [0.29, 0.717) is 6.54 Å². The van der Waals surface area contributed by atoms with Gasteiger partial charge in [-0.05, 0) is 38.1 Å². The minimum atomic E-state index is -0.626. The molecule has 1 fully saturated rings. The van der Waals surface area contributed by atoms with Gasteiger partial charge in [0.2, 0.25) is 5.95 Å². The number of carbonyl (C=O) groups is 1. The van der Waals surface area contributed by atoms with E-state index in [9.17, 15) is 9.18 Å². The molecule has 0 aliphatic carbocycles. The lowest BCUT2D eigenvalue weighted by molar-refractivity contribution is 0.0940. The number of halogens is 1. The minimum absolute atomic E-state index is 0.133. The largest absolute Gasteiger partial charge is 0.349 e. The Balaban J connectivity index is 1.74. The van der Waals surface area contributed by atoms with Crippen molar-refractivity contribution in [1.82, 2.24) is 15.2 Å². The second kappa shape index (κ2) is 6.44. The molecule has 0 saturated carbocycles. The first kappa shape index (κ1) is 13.0. The number of rotatable bonds is 4. The van der Waals surface area contributed by atoms with Crippen LogP contribution in [0.1, 0.15) is 29.8 Å². The Morgan fingerprint density at radius 1 is 1.33 bits per heavy atom. The molecule has 0 bridgehead atoms. The van der Waals surface area contributed by atoms with Crippen LogP contribution in [0.4, 0.5) is 4.39 Å². The van der Waals surface area contributed by atoms with Crippen molar-refractivity contribution >= 4 is 5.91 Å². The van der Waals surface area contributed by atoms with E-state index in [4.69, 9.17) is 0 Å². The molecule has 0 unspecified atom stereocenters. The molecule has 1 N–H and O–H groups in total. The average molecular weight is 251 g/mol. The van der Waals surface area contributed by atoms with E-state index >= 15 is 0 Å². The molecule has 0 aromatic carbocycles. The van der Waals surface area contributed by atoms with Crippen LogP contribution in [0.15, 0.2) is 18.2 Å². The lowest BCUT2D eigenvalue weighted by Gasteiger charge is -2.26. The third kappa shape index (κ3) is 3.77. The van der Waals surface area contributed by atoms with E-state index in [2.05, 4.69) is 15.2 Å². The first-order chi connectivity index (χ1) is 8.75. The van der Waals surface area contributed by atoms with Crippen LogP contribution in [0.25, 0.3) is 0 Å². The molecule has 1 aliphatic heterocycles. The van der Waals surface area contributed by atoms with Crippen LogP contribution >= 0.6 is 0 Å². The van der Waals surface area contributed by atoms with Crippen molar-refractivity contribution in [2.24, 2.45) is 0 Å². The summed E-state index contributed by atoms with van der Waals surface area (Å²) >= 11 is 0. The number of piperidine rings is 1. The van der Waals surface area contributed by atoms with Gasteiger partial charge < -0.3 is 10.2 Å². The molecule has 0 spiro atoms. The molecule has 1 aromatic heterocycles. The molecule has 1 aliphatic rings. The number of likely N-dealkylation sites (tertiary alicyclic amines) is 1. The van der Waals surface area contributed by atoms with E-state index in [0.717, 1.165) is 19.6 Å². The number of hydrogen-bond donors (Lipinski definition) is 1. The lowest BCUT2D eigenvalue weighted by atomic mass is 10.1. The SMILES string of the molecule is O=C(NCCN1CCCCC1)c1cccc(F)n1. The van der Waals surface area contributed by atoms with Crippen LogP contribution in [0, 0.1) is 5.95 Å². The van der Waals surface area contributed by atoms with Gasteiger partial charge in [-0.3, -0.25) is 4.79 Å².